The molecule has 1 aliphatic heterocycles. The van der Waals surface area contributed by atoms with Crippen molar-refractivity contribution in [3.8, 4) is 0 Å². The second kappa shape index (κ2) is 9.88. The molecule has 2 rings (SSSR count). The van der Waals surface area contributed by atoms with Gasteiger partial charge in [-0.1, -0.05) is 54.3 Å². The Labute approximate surface area is 175 Å². The van der Waals surface area contributed by atoms with E-state index in [1.165, 1.54) is 11.8 Å². The van der Waals surface area contributed by atoms with Crippen LogP contribution in [0.3, 0.4) is 0 Å². The van der Waals surface area contributed by atoms with Gasteiger partial charge >= 0.3 is 6.03 Å². The molecular weight excluding hydrogens is 396 g/mol. The first-order valence-electron chi connectivity index (χ1n) is 9.22. The molecule has 4 amide bonds. The van der Waals surface area contributed by atoms with Crippen LogP contribution >= 0.6 is 24.0 Å². The molecule has 0 bridgehead atoms. The van der Waals surface area contributed by atoms with E-state index in [1.807, 2.05) is 49.1 Å². The second-order valence-corrected chi connectivity index (χ2v) is 8.26. The maximum absolute atomic E-state index is 12.7. The molecule has 1 aromatic carbocycles. The summed E-state index contributed by atoms with van der Waals surface area (Å²) in [5.74, 6) is -0.874. The summed E-state index contributed by atoms with van der Waals surface area (Å²) in [5, 5.41) is 3.46. The number of hydrazine groups is 1. The van der Waals surface area contributed by atoms with Crippen molar-refractivity contribution in [2.45, 2.75) is 39.2 Å². The number of hydrogen-bond donors (Lipinski definition) is 2. The average Bonchev–Trinajstić information content (AvgIpc) is 2.90. The Kier molecular flexibility index (Phi) is 7.82. The number of urea groups is 1. The number of aryl methyl sites for hydroxylation is 1. The Morgan fingerprint density at radius 1 is 1.25 bits per heavy atom. The molecule has 1 heterocycles. The highest BCUT2D eigenvalue weighted by molar-refractivity contribution is 8.23. The maximum atomic E-state index is 12.7. The van der Waals surface area contributed by atoms with E-state index in [1.54, 1.807) is 6.92 Å². The van der Waals surface area contributed by atoms with Gasteiger partial charge in [0.1, 0.15) is 9.86 Å². The lowest BCUT2D eigenvalue weighted by Gasteiger charge is -2.22. The lowest BCUT2D eigenvalue weighted by Crippen LogP contribution is -2.49. The molecule has 1 atom stereocenters. The molecule has 9 heteroatoms. The minimum absolute atomic E-state index is 0.0348. The number of imide groups is 1. The van der Waals surface area contributed by atoms with Crippen molar-refractivity contribution in [1.82, 2.24) is 20.7 Å². The minimum Gasteiger partial charge on any atom is -0.358 e. The number of benzene rings is 1. The number of carbonyl (C=O) groups excluding carboxylic acids is 3. The van der Waals surface area contributed by atoms with Crippen LogP contribution in [0.5, 0.6) is 0 Å². The van der Waals surface area contributed by atoms with Crippen molar-refractivity contribution in [1.29, 1.82) is 0 Å². The van der Waals surface area contributed by atoms with Crippen LogP contribution in [0, 0.1) is 0 Å². The van der Waals surface area contributed by atoms with Gasteiger partial charge in [0, 0.05) is 13.1 Å². The first kappa shape index (κ1) is 22.2. The third-order valence-corrected chi connectivity index (χ3v) is 6.13. The molecule has 1 aromatic rings. The Morgan fingerprint density at radius 2 is 1.89 bits per heavy atom. The van der Waals surface area contributed by atoms with Gasteiger partial charge in [0.25, 0.3) is 5.91 Å². The van der Waals surface area contributed by atoms with Crippen molar-refractivity contribution in [2.24, 2.45) is 0 Å². The van der Waals surface area contributed by atoms with Gasteiger partial charge in [-0.05, 0) is 39.2 Å². The van der Waals surface area contributed by atoms with Crippen LogP contribution in [0.25, 0.3) is 0 Å². The quantitative estimate of drug-likeness (QED) is 0.494. The van der Waals surface area contributed by atoms with E-state index in [4.69, 9.17) is 12.2 Å². The smallest absolute Gasteiger partial charge is 0.344 e. The molecule has 0 saturated carbocycles. The summed E-state index contributed by atoms with van der Waals surface area (Å²) in [5.41, 5.74) is 2.42. The highest BCUT2D eigenvalue weighted by atomic mass is 32.2. The zero-order valence-corrected chi connectivity index (χ0v) is 18.0. The molecule has 1 aliphatic rings. The summed E-state index contributed by atoms with van der Waals surface area (Å²) in [6, 6.07) is 9.11. The number of thioether (sulfide) groups is 1. The SMILES string of the molecule is CCN(CC)C(=S)SCC(=O)NN1C(=O)N[C@@](C)(CCc2ccccc2)C1=O. The van der Waals surface area contributed by atoms with Crippen LogP contribution in [-0.2, 0) is 16.0 Å². The van der Waals surface area contributed by atoms with Crippen LogP contribution in [0.15, 0.2) is 30.3 Å². The molecular formula is C19H26N4O3S2. The van der Waals surface area contributed by atoms with Gasteiger partial charge in [0.05, 0.1) is 5.75 Å². The van der Waals surface area contributed by atoms with Gasteiger partial charge < -0.3 is 10.2 Å². The maximum Gasteiger partial charge on any atom is 0.344 e. The summed E-state index contributed by atoms with van der Waals surface area (Å²) in [4.78, 5) is 39.1. The monoisotopic (exact) mass is 422 g/mol. The van der Waals surface area contributed by atoms with Gasteiger partial charge in [-0.2, -0.15) is 5.01 Å². The number of carbonyl (C=O) groups is 3. The Morgan fingerprint density at radius 3 is 2.50 bits per heavy atom. The highest BCUT2D eigenvalue weighted by Crippen LogP contribution is 2.22. The van der Waals surface area contributed by atoms with Gasteiger partial charge in [-0.15, -0.1) is 0 Å². The van der Waals surface area contributed by atoms with E-state index in [9.17, 15) is 14.4 Å². The van der Waals surface area contributed by atoms with Gasteiger partial charge in [-0.3, -0.25) is 15.0 Å². The standard InChI is InChI=1S/C19H26N4O3S2/c1-4-22(5-2)18(27)28-13-15(24)21-23-16(25)19(3,20-17(23)26)12-11-14-9-7-6-8-10-14/h6-10H,4-5,11-13H2,1-3H3,(H,20,26)(H,21,24)/t19-/m0/s1. The summed E-state index contributed by atoms with van der Waals surface area (Å²) < 4.78 is 0.616. The zero-order chi connectivity index (χ0) is 20.7. The summed E-state index contributed by atoms with van der Waals surface area (Å²) in [6.07, 6.45) is 1.08. The third-order valence-electron chi connectivity index (χ3n) is 4.60. The molecule has 0 unspecified atom stereocenters. The molecule has 0 radical (unpaired) electrons. The number of amides is 4. The number of nitrogens with one attached hydrogen (secondary N) is 2. The molecule has 1 saturated heterocycles. The van der Waals surface area contributed by atoms with E-state index < -0.39 is 23.4 Å². The fourth-order valence-electron chi connectivity index (χ4n) is 2.85. The topological polar surface area (TPSA) is 81.8 Å². The number of nitrogens with zero attached hydrogens (tertiary/aromatic N) is 2. The van der Waals surface area contributed by atoms with E-state index >= 15 is 0 Å². The molecule has 0 aliphatic carbocycles. The minimum atomic E-state index is -1.05. The fourth-order valence-corrected chi connectivity index (χ4v) is 4.05. The third kappa shape index (κ3) is 5.45. The number of hydrogen-bond acceptors (Lipinski definition) is 5. The largest absolute Gasteiger partial charge is 0.358 e. The summed E-state index contributed by atoms with van der Waals surface area (Å²) in [7, 11) is 0. The molecule has 7 nitrogen and oxygen atoms in total. The molecule has 0 spiro atoms. The Hall–Kier alpha value is -2.13. The molecule has 0 aromatic heterocycles. The molecule has 2 N–H and O–H groups in total. The van der Waals surface area contributed by atoms with Crippen LogP contribution in [0.2, 0.25) is 0 Å². The van der Waals surface area contributed by atoms with Gasteiger partial charge in [-0.25, -0.2) is 4.79 Å². The number of thiocarbonyl (C=S) groups is 1. The predicted molar refractivity (Wildman–Crippen MR) is 115 cm³/mol. The van der Waals surface area contributed by atoms with Crippen LogP contribution < -0.4 is 10.7 Å². The molecule has 28 heavy (non-hydrogen) atoms. The molecule has 1 fully saturated rings. The van der Waals surface area contributed by atoms with Gasteiger partial charge in [0.15, 0.2) is 0 Å². The fraction of sp³-hybridized carbons (Fsp3) is 0.474. The van der Waals surface area contributed by atoms with Crippen LogP contribution in [0.1, 0.15) is 32.8 Å². The average molecular weight is 423 g/mol. The summed E-state index contributed by atoms with van der Waals surface area (Å²) >= 11 is 6.50. The van der Waals surface area contributed by atoms with Gasteiger partial charge in [0.2, 0.25) is 5.91 Å². The second-order valence-electron chi connectivity index (χ2n) is 6.65. The van der Waals surface area contributed by atoms with Crippen molar-refractivity contribution in [2.75, 3.05) is 18.8 Å². The normalized spacial score (nSPS) is 18.8. The Bertz CT molecular complexity index is 740. The van der Waals surface area contributed by atoms with E-state index in [-0.39, 0.29) is 5.75 Å². The lowest BCUT2D eigenvalue weighted by atomic mass is 9.93. The Balaban J connectivity index is 1.90. The first-order valence-corrected chi connectivity index (χ1v) is 10.6. The van der Waals surface area contributed by atoms with Crippen LogP contribution in [0.4, 0.5) is 4.79 Å². The summed E-state index contributed by atoms with van der Waals surface area (Å²) in [6.45, 7) is 7.17. The zero-order valence-electron chi connectivity index (χ0n) is 16.4. The number of rotatable bonds is 8. The highest BCUT2D eigenvalue weighted by Gasteiger charge is 2.48. The van der Waals surface area contributed by atoms with Crippen molar-refractivity contribution >= 4 is 46.1 Å². The van der Waals surface area contributed by atoms with E-state index in [0.29, 0.717) is 17.2 Å². The van der Waals surface area contributed by atoms with Crippen molar-refractivity contribution < 1.29 is 14.4 Å². The van der Waals surface area contributed by atoms with Crippen molar-refractivity contribution in [3.05, 3.63) is 35.9 Å². The van der Waals surface area contributed by atoms with E-state index in [0.717, 1.165) is 23.7 Å². The predicted octanol–water partition coefficient (Wildman–Crippen LogP) is 2.32. The van der Waals surface area contributed by atoms with Crippen molar-refractivity contribution in [3.63, 3.8) is 0 Å². The first-order chi connectivity index (χ1) is 13.3. The molecule has 152 valence electrons. The van der Waals surface area contributed by atoms with Crippen LogP contribution in [-0.4, -0.2) is 56.5 Å². The lowest BCUT2D eigenvalue weighted by molar-refractivity contribution is -0.138. The van der Waals surface area contributed by atoms with E-state index in [2.05, 4.69) is 10.7 Å².